The second-order valence-electron chi connectivity index (χ2n) is 7.06. The summed E-state index contributed by atoms with van der Waals surface area (Å²) in [7, 11) is -3.50. The number of primary sulfonamides is 1. The number of para-hydroxylation sites is 1. The number of nitrogens with two attached hydrogens (primary N) is 1. The molecule has 4 aromatic rings. The molecule has 0 fully saturated rings. The van der Waals surface area contributed by atoms with Gasteiger partial charge in [0.05, 0.1) is 22.3 Å². The minimum atomic E-state index is -3.50. The lowest BCUT2D eigenvalue weighted by Crippen LogP contribution is -2.22. The molecule has 10 heteroatoms. The molecule has 0 spiro atoms. The first kappa shape index (κ1) is 20.6. The van der Waals surface area contributed by atoms with Crippen molar-refractivity contribution in [3.8, 4) is 5.69 Å². The number of sulfonamides is 1. The number of nitrogens with zero attached hydrogens (tertiary/aromatic N) is 4. The van der Waals surface area contributed by atoms with Crippen molar-refractivity contribution >= 4 is 38.5 Å². The van der Waals surface area contributed by atoms with E-state index >= 15 is 0 Å². The van der Waals surface area contributed by atoms with Crippen LogP contribution in [0.2, 0.25) is 0 Å². The molecule has 8 nitrogen and oxygen atoms in total. The van der Waals surface area contributed by atoms with Crippen LogP contribution in [0, 0.1) is 13.8 Å². The summed E-state index contributed by atoms with van der Waals surface area (Å²) in [5, 5.41) is 14.8. The van der Waals surface area contributed by atoms with Crippen molar-refractivity contribution < 1.29 is 8.42 Å². The van der Waals surface area contributed by atoms with Gasteiger partial charge < -0.3 is 0 Å². The van der Waals surface area contributed by atoms with Crippen molar-refractivity contribution in [3.63, 3.8) is 0 Å². The summed E-state index contributed by atoms with van der Waals surface area (Å²) < 4.78 is 25.8. The molecule has 2 aromatic carbocycles. The zero-order chi connectivity index (χ0) is 21.5. The van der Waals surface area contributed by atoms with Crippen molar-refractivity contribution in [2.24, 2.45) is 5.14 Å². The molecule has 2 aromatic heterocycles. The number of hydrogen-bond donors (Lipinski definition) is 1. The second kappa shape index (κ2) is 7.86. The smallest absolute Gasteiger partial charge is 0.267 e. The first-order valence-electron chi connectivity index (χ1n) is 9.36. The highest BCUT2D eigenvalue weighted by Gasteiger charge is 2.19. The van der Waals surface area contributed by atoms with E-state index in [2.05, 4.69) is 10.2 Å². The quantitative estimate of drug-likeness (QED) is 0.362. The third-order valence-corrected chi connectivity index (χ3v) is 6.89. The monoisotopic (exact) mass is 443 g/mol. The Labute approximate surface area is 177 Å². The van der Waals surface area contributed by atoms with Crippen LogP contribution in [0.4, 0.5) is 0 Å². The zero-order valence-electron chi connectivity index (χ0n) is 16.6. The average Bonchev–Trinajstić information content (AvgIpc) is 3.11. The van der Waals surface area contributed by atoms with Gasteiger partial charge in [-0.05, 0) is 49.6 Å². The Balaban J connectivity index is 1.91. The lowest BCUT2D eigenvalue weighted by atomic mass is 10.1. The fourth-order valence-corrected chi connectivity index (χ4v) is 5.00. The van der Waals surface area contributed by atoms with E-state index in [9.17, 15) is 13.2 Å². The van der Waals surface area contributed by atoms with Gasteiger partial charge in [0.25, 0.3) is 5.56 Å². The molecule has 0 radical (unpaired) electrons. The lowest BCUT2D eigenvalue weighted by Gasteiger charge is -2.14. The highest BCUT2D eigenvalue weighted by atomic mass is 32.2. The van der Waals surface area contributed by atoms with Gasteiger partial charge in [0, 0.05) is 5.75 Å². The van der Waals surface area contributed by atoms with Gasteiger partial charge in [-0.1, -0.05) is 36.0 Å². The van der Waals surface area contributed by atoms with Crippen LogP contribution in [0.15, 0.2) is 52.4 Å². The summed E-state index contributed by atoms with van der Waals surface area (Å²) in [5.41, 5.74) is 3.36. The summed E-state index contributed by atoms with van der Waals surface area (Å²) >= 11 is 1.38. The number of rotatable bonds is 6. The minimum absolute atomic E-state index is 0.0926. The number of aromatic nitrogens is 4. The van der Waals surface area contributed by atoms with Gasteiger partial charge >= 0.3 is 0 Å². The van der Waals surface area contributed by atoms with E-state index in [-0.39, 0.29) is 11.3 Å². The predicted octanol–water partition coefficient (Wildman–Crippen LogP) is 2.42. The van der Waals surface area contributed by atoms with Crippen LogP contribution in [0.3, 0.4) is 0 Å². The molecular formula is C20H21N5O3S2. The van der Waals surface area contributed by atoms with Gasteiger partial charge in [-0.25, -0.2) is 18.1 Å². The van der Waals surface area contributed by atoms with Gasteiger partial charge in [0.2, 0.25) is 15.8 Å². The number of thioether (sulfide) groups is 1. The largest absolute Gasteiger partial charge is 0.268 e. The van der Waals surface area contributed by atoms with Crippen molar-refractivity contribution in [1.82, 2.24) is 19.2 Å². The lowest BCUT2D eigenvalue weighted by molar-refractivity contribution is 0.596. The summed E-state index contributed by atoms with van der Waals surface area (Å²) in [5.74, 6) is 0.833. The van der Waals surface area contributed by atoms with Gasteiger partial charge in [0.1, 0.15) is 0 Å². The first-order chi connectivity index (χ1) is 14.3. The Morgan fingerprint density at radius 3 is 2.60 bits per heavy atom. The zero-order valence-corrected chi connectivity index (χ0v) is 18.2. The normalized spacial score (nSPS) is 12.1. The Morgan fingerprint density at radius 2 is 1.83 bits per heavy atom. The van der Waals surface area contributed by atoms with E-state index in [1.165, 1.54) is 11.8 Å². The van der Waals surface area contributed by atoms with E-state index in [4.69, 9.17) is 5.14 Å². The Kier molecular flexibility index (Phi) is 5.39. The average molecular weight is 444 g/mol. The van der Waals surface area contributed by atoms with E-state index in [0.29, 0.717) is 34.0 Å². The van der Waals surface area contributed by atoms with Gasteiger partial charge in [-0.3, -0.25) is 9.20 Å². The van der Waals surface area contributed by atoms with Crippen molar-refractivity contribution in [2.75, 3.05) is 11.5 Å². The Bertz CT molecular complexity index is 1420. The van der Waals surface area contributed by atoms with Crippen LogP contribution >= 0.6 is 11.8 Å². The summed E-state index contributed by atoms with van der Waals surface area (Å²) in [6.07, 6.45) is 0.396. The van der Waals surface area contributed by atoms with Crippen LogP contribution in [0.5, 0.6) is 0 Å². The molecule has 0 aliphatic heterocycles. The van der Waals surface area contributed by atoms with Crippen molar-refractivity contribution in [1.29, 1.82) is 0 Å². The maximum absolute atomic E-state index is 13.4. The molecule has 0 amide bonds. The highest BCUT2D eigenvalue weighted by Crippen LogP contribution is 2.25. The SMILES string of the molecule is Cc1cccc(-n2c(=O)c3ccccc3n3c(SCCCS(N)(=O)=O)nnc23)c1C. The van der Waals surface area contributed by atoms with Crippen LogP contribution in [0.25, 0.3) is 22.4 Å². The van der Waals surface area contributed by atoms with Crippen LogP contribution < -0.4 is 10.7 Å². The van der Waals surface area contributed by atoms with Gasteiger partial charge in [0.15, 0.2) is 5.16 Å². The van der Waals surface area contributed by atoms with Crippen LogP contribution in [-0.2, 0) is 10.0 Å². The molecule has 0 unspecified atom stereocenters. The van der Waals surface area contributed by atoms with E-state index in [0.717, 1.165) is 16.8 Å². The van der Waals surface area contributed by atoms with E-state index in [1.54, 1.807) is 10.6 Å². The Morgan fingerprint density at radius 1 is 1.07 bits per heavy atom. The minimum Gasteiger partial charge on any atom is -0.268 e. The molecule has 0 aliphatic carbocycles. The fraction of sp³-hybridized carbons (Fsp3) is 0.250. The topological polar surface area (TPSA) is 112 Å². The molecular weight excluding hydrogens is 422 g/mol. The van der Waals surface area contributed by atoms with E-state index < -0.39 is 10.0 Å². The number of hydrogen-bond acceptors (Lipinski definition) is 6. The fourth-order valence-electron chi connectivity index (χ4n) is 3.39. The maximum Gasteiger partial charge on any atom is 0.267 e. The second-order valence-corrected chi connectivity index (χ2v) is 9.86. The van der Waals surface area contributed by atoms with Gasteiger partial charge in [-0.15, -0.1) is 10.2 Å². The molecule has 0 aliphatic rings. The molecule has 2 heterocycles. The number of aryl methyl sites for hydroxylation is 1. The number of benzene rings is 2. The van der Waals surface area contributed by atoms with Crippen molar-refractivity contribution in [2.45, 2.75) is 25.4 Å². The molecule has 0 atom stereocenters. The molecule has 0 saturated heterocycles. The van der Waals surface area contributed by atoms with Gasteiger partial charge in [-0.2, -0.15) is 0 Å². The molecule has 4 rings (SSSR count). The standard InChI is InChI=1S/C20H21N5O3S2/c1-13-7-5-10-16(14(13)2)24-18(26)15-8-3-4-9-17(15)25-19(24)22-23-20(25)29-11-6-12-30(21,27)28/h3-5,7-10H,6,11-12H2,1-2H3,(H2,21,27,28). The summed E-state index contributed by atoms with van der Waals surface area (Å²) in [6, 6.07) is 13.1. The molecule has 30 heavy (non-hydrogen) atoms. The molecule has 0 saturated carbocycles. The molecule has 156 valence electrons. The number of fused-ring (bicyclic) bond motifs is 3. The molecule has 0 bridgehead atoms. The van der Waals surface area contributed by atoms with E-state index in [1.807, 2.05) is 54.6 Å². The highest BCUT2D eigenvalue weighted by molar-refractivity contribution is 7.99. The molecule has 2 N–H and O–H groups in total. The van der Waals surface area contributed by atoms with Crippen LogP contribution in [0.1, 0.15) is 17.5 Å². The predicted molar refractivity (Wildman–Crippen MR) is 119 cm³/mol. The third-order valence-electron chi connectivity index (χ3n) is 5.02. The maximum atomic E-state index is 13.4. The summed E-state index contributed by atoms with van der Waals surface area (Å²) in [6.45, 7) is 3.97. The Hall–Kier alpha value is -2.69. The summed E-state index contributed by atoms with van der Waals surface area (Å²) in [4.78, 5) is 13.4. The van der Waals surface area contributed by atoms with Crippen LogP contribution in [-0.4, -0.2) is 39.1 Å². The first-order valence-corrected chi connectivity index (χ1v) is 12.1. The third kappa shape index (κ3) is 3.73. The van der Waals surface area contributed by atoms with Crippen molar-refractivity contribution in [3.05, 3.63) is 63.9 Å².